The van der Waals surface area contributed by atoms with Gasteiger partial charge in [-0.05, 0) is 23.6 Å². The molecule has 0 aliphatic carbocycles. The Balaban J connectivity index is 3.03. The van der Waals surface area contributed by atoms with Crippen LogP contribution in [0, 0.1) is 0 Å². The van der Waals surface area contributed by atoms with Gasteiger partial charge in [0.15, 0.2) is 0 Å². The van der Waals surface area contributed by atoms with Crippen LogP contribution in [0.5, 0.6) is 0 Å². The Morgan fingerprint density at radius 1 is 1.44 bits per heavy atom. The van der Waals surface area contributed by atoms with Crippen LogP contribution in [0.3, 0.4) is 0 Å². The molecule has 1 aromatic carbocycles. The lowest BCUT2D eigenvalue weighted by atomic mass is 9.99. The van der Waals surface area contributed by atoms with Gasteiger partial charge in [0.2, 0.25) is 0 Å². The van der Waals surface area contributed by atoms with E-state index >= 15 is 0 Å². The van der Waals surface area contributed by atoms with Crippen molar-refractivity contribution >= 4 is 21.7 Å². The maximum Gasteiger partial charge on any atom is 0.264 e. The van der Waals surface area contributed by atoms with Crippen LogP contribution < -0.4 is 0 Å². The fourth-order valence-electron chi connectivity index (χ4n) is 1.49. The predicted octanol–water partition coefficient (Wildman–Crippen LogP) is 3.69. The standard InChI is InChI=1S/C12H13BrF2O/c1-2-8-3-4-9(6-10(16)7-13)11(5-8)12(14)15/h3-5,12H,2,6-7H2,1H3. The molecular formula is C12H13BrF2O. The Morgan fingerprint density at radius 2 is 2.12 bits per heavy atom. The lowest BCUT2D eigenvalue weighted by Crippen LogP contribution is -2.07. The summed E-state index contributed by atoms with van der Waals surface area (Å²) < 4.78 is 25.6. The minimum Gasteiger partial charge on any atom is -0.298 e. The SMILES string of the molecule is CCc1ccc(CC(=O)CBr)c(C(F)F)c1. The molecular weight excluding hydrogens is 278 g/mol. The second-order valence-electron chi connectivity index (χ2n) is 3.54. The summed E-state index contributed by atoms with van der Waals surface area (Å²) in [5, 5.41) is 0.200. The number of rotatable bonds is 5. The van der Waals surface area contributed by atoms with Gasteiger partial charge in [-0.1, -0.05) is 35.0 Å². The molecule has 0 bridgehead atoms. The number of hydrogen-bond acceptors (Lipinski definition) is 1. The largest absolute Gasteiger partial charge is 0.298 e. The third-order valence-corrected chi connectivity index (χ3v) is 3.02. The summed E-state index contributed by atoms with van der Waals surface area (Å²) >= 11 is 3.02. The Bertz CT molecular complexity index is 377. The van der Waals surface area contributed by atoms with Gasteiger partial charge in [0, 0.05) is 12.0 Å². The second kappa shape index (κ2) is 6.09. The maximum absolute atomic E-state index is 12.8. The van der Waals surface area contributed by atoms with E-state index in [2.05, 4.69) is 15.9 Å². The fourth-order valence-corrected chi connectivity index (χ4v) is 1.69. The van der Waals surface area contributed by atoms with Crippen molar-refractivity contribution < 1.29 is 13.6 Å². The van der Waals surface area contributed by atoms with Crippen LogP contribution in [0.15, 0.2) is 18.2 Å². The summed E-state index contributed by atoms with van der Waals surface area (Å²) in [5.41, 5.74) is 1.27. The number of hydrogen-bond donors (Lipinski definition) is 0. The van der Waals surface area contributed by atoms with Crippen LogP contribution in [0.4, 0.5) is 8.78 Å². The maximum atomic E-state index is 12.8. The van der Waals surface area contributed by atoms with Gasteiger partial charge in [-0.25, -0.2) is 8.78 Å². The van der Waals surface area contributed by atoms with Crippen molar-refractivity contribution in [2.24, 2.45) is 0 Å². The summed E-state index contributed by atoms with van der Waals surface area (Å²) in [6.07, 6.45) is -1.74. The van der Waals surface area contributed by atoms with E-state index in [9.17, 15) is 13.6 Å². The number of ketones is 1. The molecule has 1 rings (SSSR count). The molecule has 0 aliphatic rings. The van der Waals surface area contributed by atoms with E-state index in [0.29, 0.717) is 12.0 Å². The number of halogens is 3. The van der Waals surface area contributed by atoms with Crippen molar-refractivity contribution in [3.63, 3.8) is 0 Å². The summed E-state index contributed by atoms with van der Waals surface area (Å²) in [5.74, 6) is -0.0915. The van der Waals surface area contributed by atoms with Crippen molar-refractivity contribution in [3.05, 3.63) is 34.9 Å². The molecule has 0 heterocycles. The summed E-state index contributed by atoms with van der Waals surface area (Å²) in [6.45, 7) is 1.91. The van der Waals surface area contributed by atoms with Crippen molar-refractivity contribution in [2.75, 3.05) is 5.33 Å². The smallest absolute Gasteiger partial charge is 0.264 e. The van der Waals surface area contributed by atoms with Gasteiger partial charge in [0.05, 0.1) is 5.33 Å². The topological polar surface area (TPSA) is 17.1 Å². The Hall–Kier alpha value is -0.770. The number of aryl methyl sites for hydroxylation is 1. The van der Waals surface area contributed by atoms with Crippen molar-refractivity contribution in [1.29, 1.82) is 0 Å². The zero-order chi connectivity index (χ0) is 12.1. The normalized spacial score (nSPS) is 10.8. The van der Waals surface area contributed by atoms with E-state index in [4.69, 9.17) is 0 Å². The van der Waals surface area contributed by atoms with E-state index in [1.165, 1.54) is 6.07 Å². The molecule has 0 atom stereocenters. The van der Waals surface area contributed by atoms with Crippen molar-refractivity contribution in [3.8, 4) is 0 Å². The zero-order valence-electron chi connectivity index (χ0n) is 8.97. The highest BCUT2D eigenvalue weighted by Gasteiger charge is 2.15. The molecule has 4 heteroatoms. The molecule has 0 spiro atoms. The number of alkyl halides is 3. The number of Topliss-reactive ketones (excluding diaryl/α,β-unsaturated/α-hetero) is 1. The third kappa shape index (κ3) is 3.37. The molecule has 0 saturated carbocycles. The predicted molar refractivity (Wildman–Crippen MR) is 63.3 cm³/mol. The molecule has 0 aromatic heterocycles. The van der Waals surface area contributed by atoms with E-state index in [1.807, 2.05) is 6.92 Å². The molecule has 0 unspecified atom stereocenters. The molecule has 0 fully saturated rings. The second-order valence-corrected chi connectivity index (χ2v) is 4.10. The molecule has 88 valence electrons. The van der Waals surface area contributed by atoms with Gasteiger partial charge >= 0.3 is 0 Å². The van der Waals surface area contributed by atoms with Gasteiger partial charge in [-0.15, -0.1) is 0 Å². The number of benzene rings is 1. The van der Waals surface area contributed by atoms with Crippen LogP contribution in [-0.2, 0) is 17.6 Å². The lowest BCUT2D eigenvalue weighted by Gasteiger charge is -2.09. The number of carbonyl (C=O) groups excluding carboxylic acids is 1. The average Bonchev–Trinajstić information content (AvgIpc) is 2.29. The molecule has 0 radical (unpaired) electrons. The molecule has 16 heavy (non-hydrogen) atoms. The molecule has 0 N–H and O–H groups in total. The van der Waals surface area contributed by atoms with E-state index in [0.717, 1.165) is 5.56 Å². The highest BCUT2D eigenvalue weighted by atomic mass is 79.9. The van der Waals surface area contributed by atoms with Gasteiger partial charge < -0.3 is 0 Å². The minimum atomic E-state index is -2.52. The van der Waals surface area contributed by atoms with Crippen LogP contribution in [0.25, 0.3) is 0 Å². The first kappa shape index (κ1) is 13.3. The Morgan fingerprint density at radius 3 is 2.62 bits per heavy atom. The van der Waals surface area contributed by atoms with Crippen LogP contribution in [-0.4, -0.2) is 11.1 Å². The number of carbonyl (C=O) groups is 1. The van der Waals surface area contributed by atoms with Gasteiger partial charge in [-0.2, -0.15) is 0 Å². The molecule has 1 aromatic rings. The van der Waals surface area contributed by atoms with E-state index < -0.39 is 6.43 Å². The minimum absolute atomic E-state index is 0.0198. The zero-order valence-corrected chi connectivity index (χ0v) is 10.6. The third-order valence-electron chi connectivity index (χ3n) is 2.39. The summed E-state index contributed by atoms with van der Waals surface area (Å²) in [6, 6.07) is 4.91. The highest BCUT2D eigenvalue weighted by molar-refractivity contribution is 9.09. The lowest BCUT2D eigenvalue weighted by molar-refractivity contribution is -0.115. The fraction of sp³-hybridized carbons (Fsp3) is 0.417. The molecule has 1 nitrogen and oxygen atoms in total. The summed E-state index contributed by atoms with van der Waals surface area (Å²) in [4.78, 5) is 11.2. The quantitative estimate of drug-likeness (QED) is 0.756. The monoisotopic (exact) mass is 290 g/mol. The van der Waals surface area contributed by atoms with Gasteiger partial charge in [-0.3, -0.25) is 4.79 Å². The molecule has 0 saturated heterocycles. The van der Waals surface area contributed by atoms with Gasteiger partial charge in [0.1, 0.15) is 5.78 Å². The van der Waals surface area contributed by atoms with Crippen molar-refractivity contribution in [1.82, 2.24) is 0 Å². The first-order valence-corrected chi connectivity index (χ1v) is 6.18. The van der Waals surface area contributed by atoms with E-state index in [1.54, 1.807) is 12.1 Å². The van der Waals surface area contributed by atoms with Crippen LogP contribution in [0.2, 0.25) is 0 Å². The van der Waals surface area contributed by atoms with Gasteiger partial charge in [0.25, 0.3) is 6.43 Å². The highest BCUT2D eigenvalue weighted by Crippen LogP contribution is 2.25. The Kier molecular flexibility index (Phi) is 5.06. The van der Waals surface area contributed by atoms with Crippen LogP contribution in [0.1, 0.15) is 30.0 Å². The first-order valence-electron chi connectivity index (χ1n) is 5.06. The Labute approximate surface area is 102 Å². The average molecular weight is 291 g/mol. The van der Waals surface area contributed by atoms with Crippen molar-refractivity contribution in [2.45, 2.75) is 26.2 Å². The van der Waals surface area contributed by atoms with E-state index in [-0.39, 0.29) is 23.1 Å². The first-order chi connectivity index (χ1) is 7.58. The molecule has 0 amide bonds. The van der Waals surface area contributed by atoms with Crippen LogP contribution >= 0.6 is 15.9 Å². The summed E-state index contributed by atoms with van der Waals surface area (Å²) in [7, 11) is 0. The molecule has 0 aliphatic heterocycles.